The first-order valence-electron chi connectivity index (χ1n) is 7.99. The van der Waals surface area contributed by atoms with Gasteiger partial charge in [-0.15, -0.1) is 0 Å². The molecule has 0 aliphatic carbocycles. The maximum atomic E-state index is 13.1. The lowest BCUT2D eigenvalue weighted by molar-refractivity contribution is -0.113. The number of aliphatic hydroxyl groups excluding tert-OH is 1. The maximum absolute atomic E-state index is 13.1. The van der Waals surface area contributed by atoms with E-state index in [0.717, 1.165) is 26.9 Å². The summed E-state index contributed by atoms with van der Waals surface area (Å²) in [5, 5.41) is 15.0. The van der Waals surface area contributed by atoms with Crippen LogP contribution in [0.25, 0.3) is 16.5 Å². The zero-order chi connectivity index (χ0) is 19.3. The van der Waals surface area contributed by atoms with Crippen LogP contribution in [0.3, 0.4) is 0 Å². The van der Waals surface area contributed by atoms with Gasteiger partial charge in [0.25, 0.3) is 15.9 Å². The molecule has 1 amide bonds. The molecule has 138 valence electrons. The van der Waals surface area contributed by atoms with Gasteiger partial charge in [0, 0.05) is 18.0 Å². The van der Waals surface area contributed by atoms with Gasteiger partial charge in [0.05, 0.1) is 5.69 Å². The summed E-state index contributed by atoms with van der Waals surface area (Å²) in [5.74, 6) is -1.10. The number of aromatic nitrogens is 1. The molecule has 0 saturated carbocycles. The first kappa shape index (κ1) is 17.5. The van der Waals surface area contributed by atoms with Crippen molar-refractivity contribution in [3.05, 3.63) is 59.4 Å². The zero-order valence-corrected chi connectivity index (χ0v) is 16.1. The number of sulfonamides is 1. The van der Waals surface area contributed by atoms with Crippen LogP contribution in [-0.2, 0) is 14.8 Å². The quantitative estimate of drug-likeness (QED) is 0.687. The van der Waals surface area contributed by atoms with Gasteiger partial charge in [-0.05, 0) is 36.0 Å². The molecule has 3 aromatic rings. The van der Waals surface area contributed by atoms with Gasteiger partial charge in [0.2, 0.25) is 0 Å². The summed E-state index contributed by atoms with van der Waals surface area (Å²) in [6.07, 6.45) is 0. The monoisotopic (exact) mass is 401 g/mol. The third-order valence-corrected chi connectivity index (χ3v) is 7.03. The lowest BCUT2D eigenvalue weighted by Gasteiger charge is -2.29. The number of amides is 1. The molecule has 0 unspecified atom stereocenters. The number of aliphatic hydroxyl groups is 1. The number of nitrogens with one attached hydrogen (secondary N) is 1. The van der Waals surface area contributed by atoms with Crippen LogP contribution in [0.15, 0.2) is 53.1 Å². The van der Waals surface area contributed by atoms with Gasteiger partial charge >= 0.3 is 0 Å². The van der Waals surface area contributed by atoms with Crippen molar-refractivity contribution < 1.29 is 18.3 Å². The highest BCUT2D eigenvalue weighted by molar-refractivity contribution is 7.89. The molecular weight excluding hydrogens is 386 g/mol. The molecule has 0 bridgehead atoms. The largest absolute Gasteiger partial charge is 0.505 e. The van der Waals surface area contributed by atoms with Crippen molar-refractivity contribution in [2.24, 2.45) is 0 Å². The molecule has 9 heteroatoms. The van der Waals surface area contributed by atoms with Crippen LogP contribution in [0.4, 0.5) is 5.00 Å². The lowest BCUT2D eigenvalue weighted by Crippen LogP contribution is -2.37. The van der Waals surface area contributed by atoms with E-state index >= 15 is 0 Å². The second kappa shape index (κ2) is 6.07. The Bertz CT molecular complexity index is 1230. The molecule has 2 heterocycles. The minimum atomic E-state index is -4.02. The minimum Gasteiger partial charge on any atom is -0.505 e. The number of hydrogen-bond donors (Lipinski definition) is 2. The SMILES string of the molecule is Cc1cc(NC(=O)C2=C(O)c3ccc4ccccc4c3S(=O)(=O)N2C)sn1. The van der Waals surface area contributed by atoms with Gasteiger partial charge in [-0.2, -0.15) is 4.37 Å². The van der Waals surface area contributed by atoms with E-state index in [2.05, 4.69) is 9.69 Å². The Labute approximate surface area is 159 Å². The normalized spacial score (nSPS) is 15.7. The fourth-order valence-electron chi connectivity index (χ4n) is 3.09. The third-order valence-electron chi connectivity index (χ3n) is 4.37. The van der Waals surface area contributed by atoms with Crippen LogP contribution < -0.4 is 5.32 Å². The molecule has 7 nitrogen and oxygen atoms in total. The molecule has 4 rings (SSSR count). The Kier molecular flexibility index (Phi) is 3.93. The van der Waals surface area contributed by atoms with Crippen molar-refractivity contribution in [1.82, 2.24) is 8.68 Å². The first-order chi connectivity index (χ1) is 12.8. The van der Waals surface area contributed by atoms with Gasteiger partial charge in [-0.3, -0.25) is 9.10 Å². The number of benzene rings is 2. The van der Waals surface area contributed by atoms with E-state index in [1.807, 2.05) is 0 Å². The molecular formula is C18H15N3O4S2. The lowest BCUT2D eigenvalue weighted by atomic mass is 10.0. The molecule has 1 aliphatic heterocycles. The molecule has 2 aromatic carbocycles. The molecule has 27 heavy (non-hydrogen) atoms. The second-order valence-corrected chi connectivity index (χ2v) is 8.83. The van der Waals surface area contributed by atoms with E-state index in [1.165, 1.54) is 13.1 Å². The smallest absolute Gasteiger partial charge is 0.277 e. The summed E-state index contributed by atoms with van der Waals surface area (Å²) in [4.78, 5) is 12.7. The number of anilines is 1. The third kappa shape index (κ3) is 2.66. The molecule has 1 aliphatic rings. The number of carbonyl (C=O) groups excluding carboxylic acids is 1. The maximum Gasteiger partial charge on any atom is 0.277 e. The summed E-state index contributed by atoms with van der Waals surface area (Å²) in [6, 6.07) is 11.9. The van der Waals surface area contributed by atoms with Crippen LogP contribution in [0, 0.1) is 6.92 Å². The van der Waals surface area contributed by atoms with Gasteiger partial charge < -0.3 is 10.4 Å². The van der Waals surface area contributed by atoms with Gasteiger partial charge in [0.1, 0.15) is 9.90 Å². The Morgan fingerprint density at radius 1 is 1.22 bits per heavy atom. The van der Waals surface area contributed by atoms with Crippen molar-refractivity contribution in [2.75, 3.05) is 12.4 Å². The van der Waals surface area contributed by atoms with E-state index in [0.29, 0.717) is 10.4 Å². The topological polar surface area (TPSA) is 99.6 Å². The Hall–Kier alpha value is -2.91. The number of carbonyl (C=O) groups is 1. The van der Waals surface area contributed by atoms with E-state index in [4.69, 9.17) is 0 Å². The first-order valence-corrected chi connectivity index (χ1v) is 10.2. The summed E-state index contributed by atoms with van der Waals surface area (Å²) < 4.78 is 31.1. The number of hydrogen-bond acceptors (Lipinski definition) is 6. The second-order valence-electron chi connectivity index (χ2n) is 6.12. The van der Waals surface area contributed by atoms with Crippen LogP contribution >= 0.6 is 11.5 Å². The molecule has 0 atom stereocenters. The highest BCUT2D eigenvalue weighted by Crippen LogP contribution is 2.39. The van der Waals surface area contributed by atoms with E-state index in [1.54, 1.807) is 43.3 Å². The highest BCUT2D eigenvalue weighted by Gasteiger charge is 2.39. The van der Waals surface area contributed by atoms with Crippen molar-refractivity contribution in [2.45, 2.75) is 11.8 Å². The summed E-state index contributed by atoms with van der Waals surface area (Å²) in [5.41, 5.74) is 0.510. The van der Waals surface area contributed by atoms with Crippen molar-refractivity contribution in [1.29, 1.82) is 0 Å². The molecule has 0 fully saturated rings. The van der Waals surface area contributed by atoms with E-state index in [-0.39, 0.29) is 21.9 Å². The van der Waals surface area contributed by atoms with Crippen LogP contribution in [0.1, 0.15) is 11.3 Å². The average molecular weight is 401 g/mol. The summed E-state index contributed by atoms with van der Waals surface area (Å²) in [6.45, 7) is 1.78. The highest BCUT2D eigenvalue weighted by atomic mass is 32.2. The van der Waals surface area contributed by atoms with Crippen LogP contribution in [-0.4, -0.2) is 35.2 Å². The average Bonchev–Trinajstić information content (AvgIpc) is 3.04. The van der Waals surface area contributed by atoms with E-state index in [9.17, 15) is 18.3 Å². The standard InChI is InChI=1S/C18H15N3O4S2/c1-10-9-14(26-20-10)19-18(23)15-16(22)13-8-7-11-5-3-4-6-12(11)17(13)27(24,25)21(15)2/h3-9,22H,1-2H3,(H,19,23). The molecule has 2 N–H and O–H groups in total. The van der Waals surface area contributed by atoms with Crippen molar-refractivity contribution in [3.63, 3.8) is 0 Å². The molecule has 0 saturated heterocycles. The number of rotatable bonds is 2. The molecule has 1 aromatic heterocycles. The van der Waals surface area contributed by atoms with Gasteiger partial charge in [-0.1, -0.05) is 30.3 Å². The summed E-state index contributed by atoms with van der Waals surface area (Å²) >= 11 is 1.08. The van der Waals surface area contributed by atoms with E-state index < -0.39 is 15.9 Å². The zero-order valence-electron chi connectivity index (χ0n) is 14.4. The Morgan fingerprint density at radius 3 is 2.67 bits per heavy atom. The fraction of sp³-hybridized carbons (Fsp3) is 0.111. The van der Waals surface area contributed by atoms with Crippen LogP contribution in [0.2, 0.25) is 0 Å². The molecule has 0 spiro atoms. The predicted molar refractivity (Wildman–Crippen MR) is 104 cm³/mol. The predicted octanol–water partition coefficient (Wildman–Crippen LogP) is 3.10. The number of fused-ring (bicyclic) bond motifs is 3. The van der Waals surface area contributed by atoms with Gasteiger partial charge in [-0.25, -0.2) is 8.42 Å². The fourth-order valence-corrected chi connectivity index (χ4v) is 5.33. The number of likely N-dealkylation sites (N-methyl/N-ethyl adjacent to an activating group) is 1. The summed E-state index contributed by atoms with van der Waals surface area (Å²) in [7, 11) is -2.77. The van der Waals surface area contributed by atoms with Crippen molar-refractivity contribution >= 4 is 49.0 Å². The van der Waals surface area contributed by atoms with Crippen LogP contribution in [0.5, 0.6) is 0 Å². The Balaban J connectivity index is 1.91. The number of aryl methyl sites for hydroxylation is 1. The molecule has 0 radical (unpaired) electrons. The van der Waals surface area contributed by atoms with Crippen molar-refractivity contribution in [3.8, 4) is 0 Å². The Morgan fingerprint density at radius 2 is 1.96 bits per heavy atom. The minimum absolute atomic E-state index is 0.00853. The number of nitrogens with zero attached hydrogens (tertiary/aromatic N) is 2. The van der Waals surface area contributed by atoms with Gasteiger partial charge in [0.15, 0.2) is 11.5 Å².